The van der Waals surface area contributed by atoms with Gasteiger partial charge in [0, 0.05) is 18.0 Å². The molecule has 2 aliphatic rings. The number of ether oxygens (including phenoxy) is 2. The van der Waals surface area contributed by atoms with E-state index < -0.39 is 51.9 Å². The van der Waals surface area contributed by atoms with Gasteiger partial charge < -0.3 is 29.4 Å². The second-order valence-corrected chi connectivity index (χ2v) is 15.7. The summed E-state index contributed by atoms with van der Waals surface area (Å²) >= 11 is 6.04. The van der Waals surface area contributed by atoms with Gasteiger partial charge in [0.2, 0.25) is 27.6 Å². The van der Waals surface area contributed by atoms with E-state index in [9.17, 15) is 22.8 Å². The van der Waals surface area contributed by atoms with E-state index in [4.69, 9.17) is 25.5 Å². The first kappa shape index (κ1) is 38.8. The largest absolute Gasteiger partial charge is 0.434 e. The summed E-state index contributed by atoms with van der Waals surface area (Å²) in [6.07, 6.45) is 3.36. The number of piperidine rings is 1. The molecule has 2 saturated heterocycles. The molecular formula is C35H47ClN6O8S. The Morgan fingerprint density at radius 2 is 1.82 bits per heavy atom. The second-order valence-electron chi connectivity index (χ2n) is 13.5. The fourth-order valence-corrected chi connectivity index (χ4v) is 7.26. The fourth-order valence-electron chi connectivity index (χ4n) is 6.40. The molecule has 2 amide bonds. The molecule has 3 aromatic rings. The molecule has 3 heterocycles. The number of benzene rings is 2. The van der Waals surface area contributed by atoms with Gasteiger partial charge in [-0.25, -0.2) is 18.1 Å². The Morgan fingerprint density at radius 3 is 2.51 bits per heavy atom. The molecule has 14 nitrogen and oxygen atoms in total. The third-order valence-electron chi connectivity index (χ3n) is 9.00. The smallest absolute Gasteiger partial charge is 0.266 e. The quantitative estimate of drug-likeness (QED) is 0.137. The first-order valence-electron chi connectivity index (χ1n) is 17.1. The maximum Gasteiger partial charge on any atom is 0.266 e. The number of oxazole rings is 1. The van der Waals surface area contributed by atoms with Crippen molar-refractivity contribution in [2.24, 2.45) is 5.92 Å². The second kappa shape index (κ2) is 17.9. The van der Waals surface area contributed by atoms with Crippen molar-refractivity contribution in [1.29, 1.82) is 0 Å². The van der Waals surface area contributed by atoms with Crippen molar-refractivity contribution < 1.29 is 36.7 Å². The van der Waals surface area contributed by atoms with Crippen molar-refractivity contribution in [3.8, 4) is 0 Å². The van der Waals surface area contributed by atoms with Gasteiger partial charge in [0.05, 0.1) is 32.3 Å². The van der Waals surface area contributed by atoms with Gasteiger partial charge in [0.25, 0.3) is 5.89 Å². The van der Waals surface area contributed by atoms with Gasteiger partial charge >= 0.3 is 0 Å². The van der Waals surface area contributed by atoms with Crippen molar-refractivity contribution >= 4 is 50.3 Å². The molecule has 0 radical (unpaired) electrons. The van der Waals surface area contributed by atoms with E-state index in [1.54, 1.807) is 55.4 Å². The third-order valence-corrected chi connectivity index (χ3v) is 9.96. The lowest BCUT2D eigenvalue weighted by Gasteiger charge is -2.30. The van der Waals surface area contributed by atoms with Crippen molar-refractivity contribution in [3.05, 3.63) is 65.0 Å². The summed E-state index contributed by atoms with van der Waals surface area (Å²) in [5.74, 6) is -1.58. The number of nitrogens with zero attached hydrogens (tertiary/aromatic N) is 3. The van der Waals surface area contributed by atoms with Crippen LogP contribution in [0.2, 0.25) is 5.02 Å². The topological polar surface area (TPSA) is 172 Å². The van der Waals surface area contributed by atoms with Gasteiger partial charge in [-0.2, -0.15) is 0 Å². The SMILES string of the molecule is CN(C)COC[C@H](NC(=O)[C@@H]1C[C@@H](OCc2ccc(Cl)cc2)CN1C(=O)[C@@H](CCC1CCNCC1)NS(C)(=O)=O)C(=O)c1nc2ccccc2o1. The van der Waals surface area contributed by atoms with Crippen molar-refractivity contribution in [3.63, 3.8) is 0 Å². The number of carbonyl (C=O) groups is 3. The Balaban J connectivity index is 1.37. The number of hydrogen-bond donors (Lipinski definition) is 3. The molecule has 2 aromatic carbocycles. The van der Waals surface area contributed by atoms with Crippen LogP contribution in [0.1, 0.15) is 48.4 Å². The number of aromatic nitrogens is 1. The van der Waals surface area contributed by atoms with Crippen LogP contribution in [-0.4, -0.2) is 118 Å². The molecule has 278 valence electrons. The Kier molecular flexibility index (Phi) is 13.6. The van der Waals surface area contributed by atoms with E-state index in [-0.39, 0.29) is 45.2 Å². The van der Waals surface area contributed by atoms with Crippen LogP contribution in [0.15, 0.2) is 52.9 Å². The van der Waals surface area contributed by atoms with E-state index >= 15 is 0 Å². The highest BCUT2D eigenvalue weighted by molar-refractivity contribution is 7.88. The predicted molar refractivity (Wildman–Crippen MR) is 192 cm³/mol. The third kappa shape index (κ3) is 11.3. The minimum absolute atomic E-state index is 0.0423. The zero-order valence-electron chi connectivity index (χ0n) is 29.2. The van der Waals surface area contributed by atoms with Gasteiger partial charge in [-0.05, 0) is 88.6 Å². The van der Waals surface area contributed by atoms with Gasteiger partial charge in [-0.3, -0.25) is 19.3 Å². The van der Waals surface area contributed by atoms with Gasteiger partial charge in [-0.15, -0.1) is 0 Å². The van der Waals surface area contributed by atoms with E-state index in [2.05, 4.69) is 20.3 Å². The first-order valence-corrected chi connectivity index (χ1v) is 19.4. The molecule has 2 aliphatic heterocycles. The van der Waals surface area contributed by atoms with Crippen LogP contribution in [0.25, 0.3) is 11.1 Å². The van der Waals surface area contributed by atoms with Gasteiger partial charge in [0.1, 0.15) is 23.6 Å². The lowest BCUT2D eigenvalue weighted by molar-refractivity contribution is -0.140. The maximum absolute atomic E-state index is 14.3. The molecule has 4 atom stereocenters. The van der Waals surface area contributed by atoms with E-state index in [0.29, 0.717) is 28.5 Å². The number of sulfonamides is 1. The monoisotopic (exact) mass is 746 g/mol. The van der Waals surface area contributed by atoms with E-state index in [1.807, 2.05) is 12.1 Å². The van der Waals surface area contributed by atoms with Gasteiger partial charge in [-0.1, -0.05) is 35.9 Å². The standard InChI is InChI=1S/C35H47ClN6O8S/c1-41(2)22-48-21-29(32(43)34-39-27-6-4-5-7-31(27)50-34)38-33(44)30-18-26(49-20-24-8-11-25(36)12-9-24)19-42(30)35(45)28(40-51(3,46)47)13-10-23-14-16-37-17-15-23/h4-9,11-12,23,26,28-30,37,40H,10,13-22H2,1-3H3,(H,38,44)/t26-,28-,29+,30+/m1/s1. The highest BCUT2D eigenvalue weighted by atomic mass is 35.5. The number of likely N-dealkylation sites (tertiary alicyclic amines) is 1. The van der Waals surface area contributed by atoms with Crippen molar-refractivity contribution in [1.82, 2.24) is 30.1 Å². The van der Waals surface area contributed by atoms with Crippen LogP contribution < -0.4 is 15.4 Å². The molecule has 0 bridgehead atoms. The minimum Gasteiger partial charge on any atom is -0.434 e. The molecule has 0 spiro atoms. The van der Waals surface area contributed by atoms with E-state index in [0.717, 1.165) is 37.8 Å². The highest BCUT2D eigenvalue weighted by Gasteiger charge is 2.44. The van der Waals surface area contributed by atoms with Crippen LogP contribution in [-0.2, 0) is 35.7 Å². The molecule has 0 saturated carbocycles. The summed E-state index contributed by atoms with van der Waals surface area (Å²) in [6, 6.07) is 10.7. The molecule has 2 fully saturated rings. The lowest BCUT2D eigenvalue weighted by atomic mass is 9.91. The summed E-state index contributed by atoms with van der Waals surface area (Å²) < 4.78 is 45.1. The number of ketones is 1. The van der Waals surface area contributed by atoms with Crippen molar-refractivity contribution in [2.75, 3.05) is 53.3 Å². The predicted octanol–water partition coefficient (Wildman–Crippen LogP) is 2.57. The van der Waals surface area contributed by atoms with Crippen LogP contribution in [0.5, 0.6) is 0 Å². The van der Waals surface area contributed by atoms with Crippen molar-refractivity contribution in [2.45, 2.75) is 62.9 Å². The molecule has 51 heavy (non-hydrogen) atoms. The van der Waals surface area contributed by atoms with Gasteiger partial charge in [0.15, 0.2) is 5.58 Å². The Labute approximate surface area is 303 Å². The molecule has 3 N–H and O–H groups in total. The van der Waals surface area contributed by atoms with Crippen LogP contribution in [0, 0.1) is 5.92 Å². The fraction of sp³-hybridized carbons (Fsp3) is 0.543. The molecule has 0 unspecified atom stereocenters. The summed E-state index contributed by atoms with van der Waals surface area (Å²) in [7, 11) is -0.176. The number of rotatable bonds is 17. The number of Topliss-reactive ketones (excluding diaryl/α,β-unsaturated/α-hetero) is 1. The first-order chi connectivity index (χ1) is 24.4. The normalized spacial score (nSPS) is 19.7. The number of fused-ring (bicyclic) bond motifs is 1. The minimum atomic E-state index is -3.78. The van der Waals surface area contributed by atoms with Crippen LogP contribution in [0.4, 0.5) is 0 Å². The number of nitrogens with one attached hydrogen (secondary N) is 3. The lowest BCUT2D eigenvalue weighted by Crippen LogP contribution is -2.56. The summed E-state index contributed by atoms with van der Waals surface area (Å²) in [6.45, 7) is 1.97. The van der Waals surface area contributed by atoms with Crippen LogP contribution >= 0.6 is 11.6 Å². The Bertz CT molecular complexity index is 1710. The number of amides is 2. The summed E-state index contributed by atoms with van der Waals surface area (Å²) in [5, 5.41) is 6.69. The average molecular weight is 747 g/mol. The Morgan fingerprint density at radius 1 is 1.10 bits per heavy atom. The molecular weight excluding hydrogens is 700 g/mol. The maximum atomic E-state index is 14.3. The summed E-state index contributed by atoms with van der Waals surface area (Å²) in [4.78, 5) is 49.6. The number of carbonyl (C=O) groups excluding carboxylic acids is 3. The number of halogens is 1. The highest BCUT2D eigenvalue weighted by Crippen LogP contribution is 2.26. The summed E-state index contributed by atoms with van der Waals surface area (Å²) in [5.41, 5.74) is 1.76. The number of hydrogen-bond acceptors (Lipinski definition) is 11. The molecule has 1 aromatic heterocycles. The molecule has 5 rings (SSSR count). The van der Waals surface area contributed by atoms with Crippen LogP contribution in [0.3, 0.4) is 0 Å². The Hall–Kier alpha value is -3.44. The number of para-hydroxylation sites is 2. The zero-order valence-corrected chi connectivity index (χ0v) is 30.7. The molecule has 16 heteroatoms. The van der Waals surface area contributed by atoms with E-state index in [1.165, 1.54) is 4.90 Å². The molecule has 0 aliphatic carbocycles. The zero-order chi connectivity index (χ0) is 36.5. The average Bonchev–Trinajstić information content (AvgIpc) is 3.74.